The van der Waals surface area contributed by atoms with Crippen LogP contribution in [-0.2, 0) is 6.54 Å². The van der Waals surface area contributed by atoms with E-state index in [0.29, 0.717) is 5.69 Å². The summed E-state index contributed by atoms with van der Waals surface area (Å²) in [6.45, 7) is 0.720. The molecular formula is C16H17FN4. The molecule has 0 aliphatic carbocycles. The molecule has 0 unspecified atom stereocenters. The molecule has 2 aromatic heterocycles. The van der Waals surface area contributed by atoms with Crippen molar-refractivity contribution < 1.29 is 4.39 Å². The number of hydrogen-bond donors (Lipinski definition) is 1. The van der Waals surface area contributed by atoms with Gasteiger partial charge in [0.2, 0.25) is 0 Å². The Morgan fingerprint density at radius 1 is 1.14 bits per heavy atom. The third-order valence-electron chi connectivity index (χ3n) is 3.32. The van der Waals surface area contributed by atoms with Crippen molar-refractivity contribution in [2.24, 2.45) is 0 Å². The van der Waals surface area contributed by atoms with Gasteiger partial charge in [0, 0.05) is 24.0 Å². The molecule has 0 atom stereocenters. The molecule has 5 heteroatoms. The predicted molar refractivity (Wildman–Crippen MR) is 82.4 cm³/mol. The second-order valence-electron chi connectivity index (χ2n) is 5.34. The third kappa shape index (κ3) is 2.60. The van der Waals surface area contributed by atoms with Crippen LogP contribution in [0.2, 0.25) is 0 Å². The van der Waals surface area contributed by atoms with Gasteiger partial charge in [0.15, 0.2) is 0 Å². The van der Waals surface area contributed by atoms with Gasteiger partial charge in [-0.05, 0) is 50.5 Å². The summed E-state index contributed by atoms with van der Waals surface area (Å²) >= 11 is 0. The minimum Gasteiger partial charge on any atom is -0.398 e. The molecule has 2 N–H and O–H groups in total. The van der Waals surface area contributed by atoms with E-state index in [4.69, 9.17) is 5.73 Å². The van der Waals surface area contributed by atoms with Crippen molar-refractivity contribution in [2.45, 2.75) is 6.54 Å². The Bertz CT molecular complexity index is 775. The van der Waals surface area contributed by atoms with Gasteiger partial charge in [0.05, 0.1) is 11.4 Å². The minimum atomic E-state index is -0.249. The zero-order valence-corrected chi connectivity index (χ0v) is 12.0. The largest absolute Gasteiger partial charge is 0.398 e. The molecule has 4 nitrogen and oxygen atoms in total. The van der Waals surface area contributed by atoms with Gasteiger partial charge < -0.3 is 15.0 Å². The van der Waals surface area contributed by atoms with E-state index >= 15 is 0 Å². The van der Waals surface area contributed by atoms with Gasteiger partial charge in [0.1, 0.15) is 11.5 Å². The molecule has 0 amide bonds. The van der Waals surface area contributed by atoms with E-state index in [0.717, 1.165) is 29.1 Å². The number of fused-ring (bicyclic) bond motifs is 1. The number of imidazole rings is 1. The third-order valence-corrected chi connectivity index (χ3v) is 3.32. The highest BCUT2D eigenvalue weighted by Gasteiger charge is 2.14. The molecule has 2 heterocycles. The quantitative estimate of drug-likeness (QED) is 0.804. The van der Waals surface area contributed by atoms with E-state index in [1.165, 1.54) is 12.1 Å². The standard InChI is InChI=1S/C16H17FN4/c1-20(2)10-14-16(11-3-5-12(17)6-4-11)19-15-8-7-13(18)9-21(14)15/h3-9H,10,18H2,1-2H3. The lowest BCUT2D eigenvalue weighted by Gasteiger charge is -2.11. The number of halogens is 1. The fourth-order valence-electron chi connectivity index (χ4n) is 2.40. The summed E-state index contributed by atoms with van der Waals surface area (Å²) in [6, 6.07) is 10.1. The number of nitrogens with zero attached hydrogens (tertiary/aromatic N) is 3. The van der Waals surface area contributed by atoms with Gasteiger partial charge in [-0.2, -0.15) is 0 Å². The smallest absolute Gasteiger partial charge is 0.137 e. The topological polar surface area (TPSA) is 46.6 Å². The molecule has 21 heavy (non-hydrogen) atoms. The molecule has 1 aromatic carbocycles. The van der Waals surface area contributed by atoms with Crippen molar-refractivity contribution >= 4 is 11.3 Å². The zero-order chi connectivity index (χ0) is 15.0. The molecule has 0 saturated carbocycles. The monoisotopic (exact) mass is 284 g/mol. The first kappa shape index (κ1) is 13.6. The zero-order valence-electron chi connectivity index (χ0n) is 12.0. The van der Waals surface area contributed by atoms with Crippen molar-refractivity contribution in [1.29, 1.82) is 0 Å². The Balaban J connectivity index is 2.22. The van der Waals surface area contributed by atoms with Crippen LogP contribution >= 0.6 is 0 Å². The van der Waals surface area contributed by atoms with E-state index < -0.39 is 0 Å². The number of pyridine rings is 1. The first-order valence-corrected chi connectivity index (χ1v) is 6.72. The van der Waals surface area contributed by atoms with Crippen LogP contribution in [0.3, 0.4) is 0 Å². The Morgan fingerprint density at radius 2 is 1.86 bits per heavy atom. The average Bonchev–Trinajstić information content (AvgIpc) is 2.77. The van der Waals surface area contributed by atoms with Crippen LogP contribution in [0, 0.1) is 5.82 Å². The number of anilines is 1. The molecule has 0 spiro atoms. The molecule has 108 valence electrons. The van der Waals surface area contributed by atoms with Crippen molar-refractivity contribution in [2.75, 3.05) is 19.8 Å². The van der Waals surface area contributed by atoms with Gasteiger partial charge in [-0.15, -0.1) is 0 Å². The van der Waals surface area contributed by atoms with Gasteiger partial charge >= 0.3 is 0 Å². The SMILES string of the molecule is CN(C)Cc1c(-c2ccc(F)cc2)nc2ccc(N)cn12. The number of rotatable bonds is 3. The van der Waals surface area contributed by atoms with Crippen LogP contribution in [0.25, 0.3) is 16.9 Å². The van der Waals surface area contributed by atoms with Crippen molar-refractivity contribution in [1.82, 2.24) is 14.3 Å². The lowest BCUT2D eigenvalue weighted by Crippen LogP contribution is -2.13. The van der Waals surface area contributed by atoms with Gasteiger partial charge in [0.25, 0.3) is 0 Å². The van der Waals surface area contributed by atoms with Crippen molar-refractivity contribution in [3.63, 3.8) is 0 Å². The highest BCUT2D eigenvalue weighted by molar-refractivity contribution is 5.67. The van der Waals surface area contributed by atoms with E-state index in [9.17, 15) is 4.39 Å². The summed E-state index contributed by atoms with van der Waals surface area (Å²) < 4.78 is 15.1. The summed E-state index contributed by atoms with van der Waals surface area (Å²) in [5.41, 5.74) is 10.2. The lowest BCUT2D eigenvalue weighted by molar-refractivity contribution is 0.396. The van der Waals surface area contributed by atoms with Gasteiger partial charge in [-0.1, -0.05) is 0 Å². The Morgan fingerprint density at radius 3 is 2.52 bits per heavy atom. The van der Waals surface area contributed by atoms with E-state index in [1.54, 1.807) is 12.1 Å². The highest BCUT2D eigenvalue weighted by Crippen LogP contribution is 2.26. The molecule has 3 aromatic rings. The van der Waals surface area contributed by atoms with Crippen LogP contribution in [0.15, 0.2) is 42.6 Å². The Hall–Kier alpha value is -2.40. The van der Waals surface area contributed by atoms with E-state index in [-0.39, 0.29) is 5.82 Å². The summed E-state index contributed by atoms with van der Waals surface area (Å²) in [5.74, 6) is -0.249. The Labute approximate surface area is 122 Å². The number of nitrogen functional groups attached to an aromatic ring is 1. The van der Waals surface area contributed by atoms with Crippen LogP contribution in [0.4, 0.5) is 10.1 Å². The second-order valence-corrected chi connectivity index (χ2v) is 5.34. The summed E-state index contributed by atoms with van der Waals surface area (Å²) in [7, 11) is 4.00. The Kier molecular flexibility index (Phi) is 3.35. The van der Waals surface area contributed by atoms with Gasteiger partial charge in [-0.25, -0.2) is 9.37 Å². The maximum Gasteiger partial charge on any atom is 0.137 e. The molecule has 0 radical (unpaired) electrons. The number of hydrogen-bond acceptors (Lipinski definition) is 3. The lowest BCUT2D eigenvalue weighted by atomic mass is 10.1. The average molecular weight is 284 g/mol. The molecule has 0 saturated heterocycles. The fourth-order valence-corrected chi connectivity index (χ4v) is 2.40. The molecule has 3 rings (SSSR count). The van der Waals surface area contributed by atoms with E-state index in [2.05, 4.69) is 9.88 Å². The molecular weight excluding hydrogens is 267 g/mol. The fraction of sp³-hybridized carbons (Fsp3) is 0.188. The first-order valence-electron chi connectivity index (χ1n) is 6.72. The van der Waals surface area contributed by atoms with E-state index in [1.807, 2.05) is 36.8 Å². The molecule has 0 fully saturated rings. The van der Waals surface area contributed by atoms with Crippen molar-refractivity contribution in [3.8, 4) is 11.3 Å². The van der Waals surface area contributed by atoms with Crippen LogP contribution in [0.5, 0.6) is 0 Å². The number of aromatic nitrogens is 2. The summed E-state index contributed by atoms with van der Waals surface area (Å²) in [6.07, 6.45) is 1.87. The van der Waals surface area contributed by atoms with Crippen LogP contribution in [0.1, 0.15) is 5.69 Å². The summed E-state index contributed by atoms with van der Waals surface area (Å²) in [5, 5.41) is 0. The van der Waals surface area contributed by atoms with Crippen LogP contribution in [-0.4, -0.2) is 28.4 Å². The van der Waals surface area contributed by atoms with Crippen molar-refractivity contribution in [3.05, 3.63) is 54.1 Å². The normalized spacial score (nSPS) is 11.4. The van der Waals surface area contributed by atoms with Crippen LogP contribution < -0.4 is 5.73 Å². The van der Waals surface area contributed by atoms with Gasteiger partial charge in [-0.3, -0.25) is 0 Å². The number of nitrogens with two attached hydrogens (primary N) is 1. The first-order chi connectivity index (χ1) is 10.0. The molecule has 0 aliphatic heterocycles. The molecule has 0 aliphatic rings. The maximum atomic E-state index is 13.1. The second kappa shape index (κ2) is 5.18. The summed E-state index contributed by atoms with van der Waals surface area (Å²) in [4.78, 5) is 6.73. The predicted octanol–water partition coefficient (Wildman–Crippen LogP) is 2.78. The number of benzene rings is 1. The minimum absolute atomic E-state index is 0.249. The highest BCUT2D eigenvalue weighted by atomic mass is 19.1. The maximum absolute atomic E-state index is 13.1. The molecule has 0 bridgehead atoms.